The zero-order valence-corrected chi connectivity index (χ0v) is 12.9. The van der Waals surface area contributed by atoms with Gasteiger partial charge in [0.25, 0.3) is 0 Å². The van der Waals surface area contributed by atoms with Crippen LogP contribution in [0, 0.1) is 0 Å². The second-order valence-electron chi connectivity index (χ2n) is 4.57. The minimum atomic E-state index is -4.67. The van der Waals surface area contributed by atoms with Crippen LogP contribution in [0.3, 0.4) is 0 Å². The highest BCUT2D eigenvalue weighted by atomic mass is 32.3. The number of benzene rings is 1. The number of phenolic OH excluding ortho intramolecular Hbond substituents is 1. The first-order valence-electron chi connectivity index (χ1n) is 6.79. The third-order valence-electron chi connectivity index (χ3n) is 2.83. The van der Waals surface area contributed by atoms with Gasteiger partial charge in [0.15, 0.2) is 0 Å². The summed E-state index contributed by atoms with van der Waals surface area (Å²) in [4.78, 5) is 0. The van der Waals surface area contributed by atoms with Gasteiger partial charge in [0.2, 0.25) is 0 Å². The Morgan fingerprint density at radius 1 is 1.00 bits per heavy atom. The lowest BCUT2D eigenvalue weighted by molar-refractivity contribution is 0.381. The molecular formula is C14H24O5S. The van der Waals surface area contributed by atoms with Gasteiger partial charge < -0.3 is 5.11 Å². The van der Waals surface area contributed by atoms with Gasteiger partial charge in [-0.2, -0.15) is 8.42 Å². The Balaban J connectivity index is 0.000000621. The molecule has 0 saturated carbocycles. The van der Waals surface area contributed by atoms with Crippen molar-refractivity contribution in [2.75, 3.05) is 0 Å². The average Bonchev–Trinajstić information content (AvgIpc) is 2.33. The van der Waals surface area contributed by atoms with Gasteiger partial charge in [0.1, 0.15) is 5.75 Å². The Morgan fingerprint density at radius 3 is 2.00 bits per heavy atom. The zero-order chi connectivity index (χ0) is 15.6. The molecule has 0 aromatic heterocycles. The minimum Gasteiger partial charge on any atom is -0.508 e. The Labute approximate surface area is 121 Å². The molecular weight excluding hydrogens is 280 g/mol. The van der Waals surface area contributed by atoms with Crippen molar-refractivity contribution in [3.63, 3.8) is 0 Å². The first-order chi connectivity index (χ1) is 9.29. The van der Waals surface area contributed by atoms with Crippen LogP contribution < -0.4 is 0 Å². The highest BCUT2D eigenvalue weighted by molar-refractivity contribution is 7.79. The quantitative estimate of drug-likeness (QED) is 0.700. The smallest absolute Gasteiger partial charge is 0.394 e. The van der Waals surface area contributed by atoms with E-state index in [1.165, 1.54) is 30.4 Å². The Morgan fingerprint density at radius 2 is 1.50 bits per heavy atom. The Kier molecular flexibility index (Phi) is 9.20. The van der Waals surface area contributed by atoms with Crippen molar-refractivity contribution in [2.45, 2.75) is 52.4 Å². The molecule has 6 heteroatoms. The van der Waals surface area contributed by atoms with E-state index in [9.17, 15) is 5.11 Å². The van der Waals surface area contributed by atoms with Crippen molar-refractivity contribution >= 4 is 10.4 Å². The fourth-order valence-electron chi connectivity index (χ4n) is 1.86. The molecule has 0 aliphatic carbocycles. The van der Waals surface area contributed by atoms with Crippen LogP contribution in [0.25, 0.3) is 0 Å². The Bertz CT molecular complexity index is 474. The standard InChI is InChI=1S/C14H22O.H2O4S/c1-3-5-8-12-9-7-11-14(15)13(12)10-6-4-2;1-5(2,3)4/h7,9,11,15H,3-6,8,10H2,1-2H3;(H2,1,2,3,4). The van der Waals surface area contributed by atoms with Gasteiger partial charge in [-0.25, -0.2) is 0 Å². The molecule has 0 atom stereocenters. The molecule has 0 fully saturated rings. The summed E-state index contributed by atoms with van der Waals surface area (Å²) in [5, 5.41) is 9.82. The predicted octanol–water partition coefficient (Wildman–Crippen LogP) is 3.42. The van der Waals surface area contributed by atoms with E-state index in [1.54, 1.807) is 6.07 Å². The summed E-state index contributed by atoms with van der Waals surface area (Å²) in [5.74, 6) is 0.483. The van der Waals surface area contributed by atoms with Crippen molar-refractivity contribution in [2.24, 2.45) is 0 Å². The molecule has 1 aromatic rings. The normalized spacial score (nSPS) is 10.8. The lowest BCUT2D eigenvalue weighted by Crippen LogP contribution is -1.95. The molecule has 0 heterocycles. The van der Waals surface area contributed by atoms with Crippen LogP contribution in [0.2, 0.25) is 0 Å². The first-order valence-corrected chi connectivity index (χ1v) is 8.18. The summed E-state index contributed by atoms with van der Waals surface area (Å²) in [7, 11) is -4.67. The molecule has 20 heavy (non-hydrogen) atoms. The van der Waals surface area contributed by atoms with Gasteiger partial charge in [-0.1, -0.05) is 38.8 Å². The van der Waals surface area contributed by atoms with Crippen LogP contribution in [0.5, 0.6) is 5.75 Å². The molecule has 5 nitrogen and oxygen atoms in total. The number of hydrogen-bond acceptors (Lipinski definition) is 3. The molecule has 0 unspecified atom stereocenters. The SMILES string of the molecule is CCCCc1cccc(O)c1CCCC.O=S(=O)(O)O. The number of unbranched alkanes of at least 4 members (excludes halogenated alkanes) is 2. The zero-order valence-electron chi connectivity index (χ0n) is 12.0. The third kappa shape index (κ3) is 9.77. The first kappa shape index (κ1) is 18.9. The van der Waals surface area contributed by atoms with Crippen molar-refractivity contribution < 1.29 is 22.6 Å². The van der Waals surface area contributed by atoms with Crippen LogP contribution in [-0.4, -0.2) is 22.6 Å². The molecule has 0 bridgehead atoms. The molecule has 1 aromatic carbocycles. The van der Waals surface area contributed by atoms with E-state index in [0.717, 1.165) is 19.3 Å². The number of aromatic hydroxyl groups is 1. The molecule has 0 amide bonds. The summed E-state index contributed by atoms with van der Waals surface area (Å²) in [6.45, 7) is 4.39. The van der Waals surface area contributed by atoms with E-state index in [2.05, 4.69) is 19.9 Å². The Hall–Kier alpha value is -1.11. The molecule has 0 radical (unpaired) electrons. The van der Waals surface area contributed by atoms with E-state index in [0.29, 0.717) is 5.75 Å². The van der Waals surface area contributed by atoms with Crippen LogP contribution >= 0.6 is 0 Å². The van der Waals surface area contributed by atoms with Gasteiger partial charge in [0, 0.05) is 0 Å². The molecule has 0 aliphatic heterocycles. The largest absolute Gasteiger partial charge is 0.508 e. The second-order valence-corrected chi connectivity index (χ2v) is 5.47. The highest BCUT2D eigenvalue weighted by Crippen LogP contribution is 2.24. The lowest BCUT2D eigenvalue weighted by Gasteiger charge is -2.10. The summed E-state index contributed by atoms with van der Waals surface area (Å²) in [5.41, 5.74) is 2.51. The van der Waals surface area contributed by atoms with E-state index >= 15 is 0 Å². The number of rotatable bonds is 6. The van der Waals surface area contributed by atoms with Gasteiger partial charge in [0.05, 0.1) is 0 Å². The molecule has 3 N–H and O–H groups in total. The van der Waals surface area contributed by atoms with Crippen molar-refractivity contribution in [3.8, 4) is 5.75 Å². The maximum absolute atomic E-state index is 9.82. The molecule has 116 valence electrons. The molecule has 1 rings (SSSR count). The number of aryl methyl sites for hydroxylation is 1. The van der Waals surface area contributed by atoms with E-state index in [1.807, 2.05) is 6.07 Å². The van der Waals surface area contributed by atoms with Crippen LogP contribution in [-0.2, 0) is 23.2 Å². The fraction of sp³-hybridized carbons (Fsp3) is 0.571. The summed E-state index contributed by atoms with van der Waals surface area (Å²) < 4.78 is 31.6. The minimum absolute atomic E-state index is 0.483. The predicted molar refractivity (Wildman–Crippen MR) is 79.5 cm³/mol. The molecule has 0 saturated heterocycles. The third-order valence-corrected chi connectivity index (χ3v) is 2.83. The number of hydrogen-bond donors (Lipinski definition) is 3. The lowest BCUT2D eigenvalue weighted by atomic mass is 9.97. The van der Waals surface area contributed by atoms with Crippen molar-refractivity contribution in [1.82, 2.24) is 0 Å². The fourth-order valence-corrected chi connectivity index (χ4v) is 1.86. The van der Waals surface area contributed by atoms with Crippen LogP contribution in [0.4, 0.5) is 0 Å². The van der Waals surface area contributed by atoms with Crippen LogP contribution in [0.1, 0.15) is 50.7 Å². The maximum atomic E-state index is 9.82. The van der Waals surface area contributed by atoms with Crippen molar-refractivity contribution in [1.29, 1.82) is 0 Å². The topological polar surface area (TPSA) is 94.8 Å². The molecule has 0 aliphatic rings. The summed E-state index contributed by atoms with van der Waals surface area (Å²) >= 11 is 0. The average molecular weight is 304 g/mol. The van der Waals surface area contributed by atoms with E-state index < -0.39 is 10.4 Å². The van der Waals surface area contributed by atoms with E-state index in [4.69, 9.17) is 17.5 Å². The van der Waals surface area contributed by atoms with Gasteiger partial charge in [-0.3, -0.25) is 9.11 Å². The van der Waals surface area contributed by atoms with Gasteiger partial charge >= 0.3 is 10.4 Å². The highest BCUT2D eigenvalue weighted by Gasteiger charge is 2.06. The summed E-state index contributed by atoms with van der Waals surface area (Å²) in [6.07, 6.45) is 6.88. The van der Waals surface area contributed by atoms with Gasteiger partial charge in [-0.05, 0) is 42.9 Å². The van der Waals surface area contributed by atoms with E-state index in [-0.39, 0.29) is 0 Å². The van der Waals surface area contributed by atoms with Crippen molar-refractivity contribution in [3.05, 3.63) is 29.3 Å². The van der Waals surface area contributed by atoms with Gasteiger partial charge in [-0.15, -0.1) is 0 Å². The summed E-state index contributed by atoms with van der Waals surface area (Å²) in [6, 6.07) is 5.91. The molecule has 0 spiro atoms. The monoisotopic (exact) mass is 304 g/mol. The maximum Gasteiger partial charge on any atom is 0.394 e. The number of phenols is 1. The second kappa shape index (κ2) is 9.74. The van der Waals surface area contributed by atoms with Crippen LogP contribution in [0.15, 0.2) is 18.2 Å².